The molecule has 2 heteroatoms. The molecule has 0 unspecified atom stereocenters. The van der Waals surface area contributed by atoms with Gasteiger partial charge in [0.05, 0.1) is 0 Å². The normalized spacial score (nSPS) is 10.6. The summed E-state index contributed by atoms with van der Waals surface area (Å²) in [6.45, 7) is 0. The Bertz CT molecular complexity index is 808. The molecule has 0 atom stereocenters. The summed E-state index contributed by atoms with van der Waals surface area (Å²) in [4.78, 5) is 12.5. The molecule has 0 aromatic heterocycles. The minimum atomic E-state index is -0.107. The van der Waals surface area contributed by atoms with Gasteiger partial charge in [0.15, 0.2) is 0 Å². The van der Waals surface area contributed by atoms with Crippen molar-refractivity contribution in [2.75, 3.05) is 5.32 Å². The van der Waals surface area contributed by atoms with E-state index in [1.54, 1.807) is 0 Å². The average molecular weight is 299 g/mol. The smallest absolute Gasteiger partial charge is 0.256 e. The molecule has 0 aliphatic heterocycles. The van der Waals surface area contributed by atoms with Crippen LogP contribution in [0.1, 0.15) is 21.5 Å². The lowest BCUT2D eigenvalue weighted by Gasteiger charge is -2.07. The van der Waals surface area contributed by atoms with E-state index in [9.17, 15) is 4.79 Å². The molecule has 0 bridgehead atoms. The Hall–Kier alpha value is -3.13. The highest BCUT2D eigenvalue weighted by atomic mass is 16.1. The van der Waals surface area contributed by atoms with Gasteiger partial charge in [-0.3, -0.25) is 4.79 Å². The lowest BCUT2D eigenvalue weighted by molar-refractivity contribution is 0.102. The van der Waals surface area contributed by atoms with Crippen LogP contribution in [-0.2, 0) is 0 Å². The second kappa shape index (κ2) is 7.23. The monoisotopic (exact) mass is 299 g/mol. The van der Waals surface area contributed by atoms with Crippen molar-refractivity contribution in [3.05, 3.63) is 102 Å². The Morgan fingerprint density at radius 2 is 1.30 bits per heavy atom. The summed E-state index contributed by atoms with van der Waals surface area (Å²) in [6, 6.07) is 27.1. The first-order valence-electron chi connectivity index (χ1n) is 7.51. The predicted octanol–water partition coefficient (Wildman–Crippen LogP) is 5.11. The van der Waals surface area contributed by atoms with E-state index in [4.69, 9.17) is 0 Å². The first-order valence-corrected chi connectivity index (χ1v) is 7.51. The molecular weight excluding hydrogens is 282 g/mol. The van der Waals surface area contributed by atoms with Crippen LogP contribution in [0.3, 0.4) is 0 Å². The van der Waals surface area contributed by atoms with E-state index in [0.29, 0.717) is 5.56 Å². The van der Waals surface area contributed by atoms with E-state index >= 15 is 0 Å². The number of hydrogen-bond donors (Lipinski definition) is 1. The van der Waals surface area contributed by atoms with Gasteiger partial charge in [-0.05, 0) is 29.3 Å². The van der Waals surface area contributed by atoms with Crippen molar-refractivity contribution in [3.8, 4) is 0 Å². The molecule has 0 saturated carbocycles. The summed E-state index contributed by atoms with van der Waals surface area (Å²) in [5, 5.41) is 2.92. The Morgan fingerprint density at radius 3 is 2.04 bits per heavy atom. The fourth-order valence-electron chi connectivity index (χ4n) is 2.32. The van der Waals surface area contributed by atoms with Gasteiger partial charge >= 0.3 is 0 Å². The molecule has 3 aromatic rings. The number of benzene rings is 3. The molecule has 1 N–H and O–H groups in total. The van der Waals surface area contributed by atoms with Crippen molar-refractivity contribution in [2.45, 2.75) is 0 Å². The number of anilines is 1. The molecule has 23 heavy (non-hydrogen) atoms. The molecule has 0 heterocycles. The Balaban J connectivity index is 1.83. The molecule has 0 radical (unpaired) electrons. The highest BCUT2D eigenvalue weighted by molar-refractivity contribution is 6.07. The van der Waals surface area contributed by atoms with E-state index in [-0.39, 0.29) is 5.91 Å². The van der Waals surface area contributed by atoms with Crippen LogP contribution in [0.25, 0.3) is 12.2 Å². The van der Waals surface area contributed by atoms with Gasteiger partial charge in [0, 0.05) is 11.3 Å². The number of amides is 1. The molecular formula is C21H17NO. The van der Waals surface area contributed by atoms with Gasteiger partial charge in [-0.25, -0.2) is 0 Å². The van der Waals surface area contributed by atoms with Gasteiger partial charge in [-0.15, -0.1) is 0 Å². The van der Waals surface area contributed by atoms with Crippen molar-refractivity contribution in [3.63, 3.8) is 0 Å². The van der Waals surface area contributed by atoms with E-state index < -0.39 is 0 Å². The maximum absolute atomic E-state index is 12.5. The molecule has 3 aromatic carbocycles. The van der Waals surface area contributed by atoms with Crippen LogP contribution in [0.15, 0.2) is 84.9 Å². The van der Waals surface area contributed by atoms with E-state index in [1.807, 2.05) is 97.1 Å². The molecule has 0 aliphatic carbocycles. The topological polar surface area (TPSA) is 29.1 Å². The first kappa shape index (κ1) is 14.8. The van der Waals surface area contributed by atoms with Crippen LogP contribution < -0.4 is 5.32 Å². The predicted molar refractivity (Wildman–Crippen MR) is 96.2 cm³/mol. The van der Waals surface area contributed by atoms with Crippen molar-refractivity contribution in [2.24, 2.45) is 0 Å². The number of rotatable bonds is 4. The molecule has 2 nitrogen and oxygen atoms in total. The standard InChI is InChI=1S/C21H17NO/c23-21(22-19-12-5-2-6-13-19)20-14-8-7-11-18(20)16-15-17-9-3-1-4-10-17/h1-16H,(H,22,23)/b16-15-. The Kier molecular flexibility index (Phi) is 4.65. The Labute approximate surface area is 136 Å². The van der Waals surface area contributed by atoms with Crippen molar-refractivity contribution in [1.29, 1.82) is 0 Å². The maximum Gasteiger partial charge on any atom is 0.256 e. The summed E-state index contributed by atoms with van der Waals surface area (Å²) >= 11 is 0. The third kappa shape index (κ3) is 3.95. The number of carbonyl (C=O) groups excluding carboxylic acids is 1. The van der Waals surface area contributed by atoms with Crippen molar-refractivity contribution >= 4 is 23.7 Å². The molecule has 0 fully saturated rings. The first-order chi connectivity index (χ1) is 11.3. The lowest BCUT2D eigenvalue weighted by atomic mass is 10.0. The summed E-state index contributed by atoms with van der Waals surface area (Å²) in [7, 11) is 0. The summed E-state index contributed by atoms with van der Waals surface area (Å²) in [5.74, 6) is -0.107. The second-order valence-electron chi connectivity index (χ2n) is 5.15. The van der Waals surface area contributed by atoms with Gasteiger partial charge < -0.3 is 5.32 Å². The number of carbonyl (C=O) groups is 1. The van der Waals surface area contributed by atoms with Crippen LogP contribution in [0.2, 0.25) is 0 Å². The minimum absolute atomic E-state index is 0.107. The van der Waals surface area contributed by atoms with Gasteiger partial charge in [0.1, 0.15) is 0 Å². The number of hydrogen-bond acceptors (Lipinski definition) is 1. The van der Waals surface area contributed by atoms with Crippen molar-refractivity contribution in [1.82, 2.24) is 0 Å². The van der Waals surface area contributed by atoms with Crippen molar-refractivity contribution < 1.29 is 4.79 Å². The third-order valence-corrected chi connectivity index (χ3v) is 3.49. The van der Waals surface area contributed by atoms with Crippen LogP contribution in [-0.4, -0.2) is 5.91 Å². The molecule has 112 valence electrons. The maximum atomic E-state index is 12.5. The van der Waals surface area contributed by atoms with Gasteiger partial charge in [-0.2, -0.15) is 0 Å². The van der Waals surface area contributed by atoms with E-state index in [1.165, 1.54) is 0 Å². The highest BCUT2D eigenvalue weighted by Crippen LogP contribution is 2.15. The number of nitrogens with one attached hydrogen (secondary N) is 1. The zero-order chi connectivity index (χ0) is 15.9. The van der Waals surface area contributed by atoms with E-state index in [0.717, 1.165) is 16.8 Å². The highest BCUT2D eigenvalue weighted by Gasteiger charge is 2.09. The summed E-state index contributed by atoms with van der Waals surface area (Å²) < 4.78 is 0. The Morgan fingerprint density at radius 1 is 0.696 bits per heavy atom. The molecule has 1 amide bonds. The summed E-state index contributed by atoms with van der Waals surface area (Å²) in [6.07, 6.45) is 3.98. The average Bonchev–Trinajstić information content (AvgIpc) is 2.62. The molecule has 0 aliphatic rings. The quantitative estimate of drug-likeness (QED) is 0.666. The summed E-state index contributed by atoms with van der Waals surface area (Å²) in [5.41, 5.74) is 3.44. The van der Waals surface area contributed by atoms with Crippen LogP contribution in [0.4, 0.5) is 5.69 Å². The second-order valence-corrected chi connectivity index (χ2v) is 5.15. The van der Waals surface area contributed by atoms with E-state index in [2.05, 4.69) is 5.32 Å². The van der Waals surface area contributed by atoms with Crippen LogP contribution >= 0.6 is 0 Å². The lowest BCUT2D eigenvalue weighted by Crippen LogP contribution is -2.13. The fraction of sp³-hybridized carbons (Fsp3) is 0. The van der Waals surface area contributed by atoms with Gasteiger partial charge in [0.2, 0.25) is 0 Å². The zero-order valence-corrected chi connectivity index (χ0v) is 12.6. The largest absolute Gasteiger partial charge is 0.322 e. The fourth-order valence-corrected chi connectivity index (χ4v) is 2.32. The minimum Gasteiger partial charge on any atom is -0.322 e. The third-order valence-electron chi connectivity index (χ3n) is 3.49. The van der Waals surface area contributed by atoms with Crippen LogP contribution in [0, 0.1) is 0 Å². The molecule has 0 saturated heterocycles. The van der Waals surface area contributed by atoms with Gasteiger partial charge in [0.25, 0.3) is 5.91 Å². The number of para-hydroxylation sites is 1. The van der Waals surface area contributed by atoms with Crippen LogP contribution in [0.5, 0.6) is 0 Å². The molecule has 0 spiro atoms. The van der Waals surface area contributed by atoms with Gasteiger partial charge in [-0.1, -0.05) is 78.9 Å². The zero-order valence-electron chi connectivity index (χ0n) is 12.6. The SMILES string of the molecule is O=C(Nc1ccccc1)c1ccccc1/C=C\c1ccccc1. The molecule has 3 rings (SSSR count).